The van der Waals surface area contributed by atoms with Crippen LogP contribution in [0.15, 0.2) is 0 Å². The van der Waals surface area contributed by atoms with Crippen molar-refractivity contribution in [3.63, 3.8) is 0 Å². The lowest BCUT2D eigenvalue weighted by atomic mass is 10.2. The highest BCUT2D eigenvalue weighted by Crippen LogP contribution is 1.85. The first kappa shape index (κ1) is 6.43. The van der Waals surface area contributed by atoms with Crippen LogP contribution in [0.3, 0.4) is 0 Å². The fraction of sp³-hybridized carbons (Fsp3) is 0.750. The zero-order valence-corrected chi connectivity index (χ0v) is 4.35. The smallest absolute Gasteiger partial charge is 0.311 e. The molecule has 4 N–H and O–H groups in total. The van der Waals surface area contributed by atoms with E-state index in [0.717, 1.165) is 0 Å². The van der Waals surface area contributed by atoms with Crippen molar-refractivity contribution in [3.05, 3.63) is 0 Å². The summed E-state index contributed by atoms with van der Waals surface area (Å²) in [5, 5.41) is 8.14. The Morgan fingerprint density at radius 1 is 2.00 bits per heavy atom. The number of quaternary nitrogens is 1. The number of hydrogen-bond acceptors (Lipinski definition) is 1. The van der Waals surface area contributed by atoms with Crippen LogP contribution in [0.4, 0.5) is 0 Å². The lowest BCUT2D eigenvalue weighted by Crippen LogP contribution is -2.54. The van der Waals surface area contributed by atoms with Crippen molar-refractivity contribution >= 4 is 5.97 Å². The lowest BCUT2D eigenvalue weighted by molar-refractivity contribution is -0.375. The average Bonchev–Trinajstić information content (AvgIpc) is 1.65. The van der Waals surface area contributed by atoms with Gasteiger partial charge in [-0.1, -0.05) is 0 Å². The Morgan fingerprint density at radius 3 is 2.43 bits per heavy atom. The van der Waals surface area contributed by atoms with E-state index in [-0.39, 0.29) is 5.92 Å². The second-order valence-electron chi connectivity index (χ2n) is 1.53. The molecule has 0 saturated carbocycles. The molecule has 7 heavy (non-hydrogen) atoms. The van der Waals surface area contributed by atoms with Crippen molar-refractivity contribution in [2.24, 2.45) is 5.92 Å². The molecule has 0 aromatic rings. The van der Waals surface area contributed by atoms with Gasteiger partial charge < -0.3 is 10.8 Å². The van der Waals surface area contributed by atoms with Gasteiger partial charge in [-0.25, -0.2) is 0 Å². The van der Waals surface area contributed by atoms with E-state index >= 15 is 0 Å². The minimum atomic E-state index is -0.769. The van der Waals surface area contributed by atoms with E-state index in [4.69, 9.17) is 5.11 Å². The number of carboxylic acids is 1. The minimum absolute atomic E-state index is 0.292. The van der Waals surface area contributed by atoms with E-state index in [2.05, 4.69) is 5.73 Å². The van der Waals surface area contributed by atoms with Gasteiger partial charge in [-0.15, -0.1) is 0 Å². The van der Waals surface area contributed by atoms with Gasteiger partial charge in [0, 0.05) is 0 Å². The van der Waals surface area contributed by atoms with Crippen molar-refractivity contribution in [3.8, 4) is 0 Å². The van der Waals surface area contributed by atoms with Gasteiger partial charge in [0.15, 0.2) is 0 Å². The van der Waals surface area contributed by atoms with E-state index in [0.29, 0.717) is 6.54 Å². The van der Waals surface area contributed by atoms with Gasteiger partial charge in [-0.05, 0) is 6.92 Å². The largest absolute Gasteiger partial charge is 0.481 e. The highest BCUT2D eigenvalue weighted by molar-refractivity contribution is 5.69. The zero-order valence-electron chi connectivity index (χ0n) is 4.35. The molecule has 0 aromatic carbocycles. The maximum atomic E-state index is 9.89. The van der Waals surface area contributed by atoms with Crippen LogP contribution < -0.4 is 5.73 Å². The first-order valence-electron chi connectivity index (χ1n) is 2.20. The maximum absolute atomic E-state index is 9.89. The third kappa shape index (κ3) is 2.17. The molecule has 3 nitrogen and oxygen atoms in total. The number of hydrogen-bond donors (Lipinski definition) is 2. The van der Waals surface area contributed by atoms with Crippen molar-refractivity contribution in [2.75, 3.05) is 6.54 Å². The SMILES string of the molecule is C[C@H](C[NH3+])C(=O)O. The van der Waals surface area contributed by atoms with Crippen LogP contribution in [0.2, 0.25) is 0 Å². The summed E-state index contributed by atoms with van der Waals surface area (Å²) in [7, 11) is 0. The number of rotatable bonds is 2. The maximum Gasteiger partial charge on any atom is 0.311 e. The lowest BCUT2D eigenvalue weighted by Gasteiger charge is -1.94. The molecule has 0 fully saturated rings. The number of carboxylic acid groups (broad SMARTS) is 1. The van der Waals surface area contributed by atoms with Gasteiger partial charge >= 0.3 is 5.97 Å². The molecule has 0 spiro atoms. The second kappa shape index (κ2) is 2.58. The molecule has 0 unspecified atom stereocenters. The highest BCUT2D eigenvalue weighted by atomic mass is 16.4. The predicted octanol–water partition coefficient (Wildman–Crippen LogP) is -1.05. The molecule has 42 valence electrons. The van der Waals surface area contributed by atoms with Crippen molar-refractivity contribution in [1.82, 2.24) is 0 Å². The fourth-order valence-electron chi connectivity index (χ4n) is 0.123. The average molecular weight is 104 g/mol. The Morgan fingerprint density at radius 2 is 2.43 bits per heavy atom. The molecular weight excluding hydrogens is 94.0 g/mol. The Labute approximate surface area is 42.1 Å². The van der Waals surface area contributed by atoms with E-state index in [1.165, 1.54) is 0 Å². The second-order valence-corrected chi connectivity index (χ2v) is 1.53. The van der Waals surface area contributed by atoms with Gasteiger partial charge in [0.2, 0.25) is 0 Å². The van der Waals surface area contributed by atoms with Gasteiger partial charge in [0.1, 0.15) is 5.92 Å². The van der Waals surface area contributed by atoms with Crippen molar-refractivity contribution in [2.45, 2.75) is 6.92 Å². The Hall–Kier alpha value is -0.570. The van der Waals surface area contributed by atoms with E-state index in [1.807, 2.05) is 0 Å². The minimum Gasteiger partial charge on any atom is -0.481 e. The van der Waals surface area contributed by atoms with Crippen LogP contribution in [0, 0.1) is 5.92 Å². The van der Waals surface area contributed by atoms with Crippen LogP contribution in [-0.2, 0) is 4.79 Å². The molecule has 0 bridgehead atoms. The molecule has 3 heteroatoms. The van der Waals surface area contributed by atoms with Crippen molar-refractivity contribution < 1.29 is 15.6 Å². The normalized spacial score (nSPS) is 13.4. The van der Waals surface area contributed by atoms with E-state index in [9.17, 15) is 4.79 Å². The summed E-state index contributed by atoms with van der Waals surface area (Å²) >= 11 is 0. The third-order valence-corrected chi connectivity index (χ3v) is 0.855. The molecule has 0 aliphatic heterocycles. The quantitative estimate of drug-likeness (QED) is 0.469. The third-order valence-electron chi connectivity index (χ3n) is 0.855. The predicted molar refractivity (Wildman–Crippen MR) is 24.6 cm³/mol. The molecule has 0 heterocycles. The van der Waals surface area contributed by atoms with E-state index < -0.39 is 5.97 Å². The van der Waals surface area contributed by atoms with Crippen LogP contribution in [0.25, 0.3) is 0 Å². The summed E-state index contributed by atoms with van der Waals surface area (Å²) in [4.78, 5) is 9.89. The summed E-state index contributed by atoms with van der Waals surface area (Å²) in [6, 6.07) is 0. The molecule has 0 radical (unpaired) electrons. The number of carbonyl (C=O) groups is 1. The molecule has 0 aliphatic rings. The summed E-state index contributed by atoms with van der Waals surface area (Å²) in [6.07, 6.45) is 0. The van der Waals surface area contributed by atoms with Gasteiger partial charge in [-0.3, -0.25) is 4.79 Å². The summed E-state index contributed by atoms with van der Waals surface area (Å²) in [6.45, 7) is 2.10. The summed E-state index contributed by atoms with van der Waals surface area (Å²) in [5.41, 5.74) is 3.43. The van der Waals surface area contributed by atoms with Gasteiger partial charge in [-0.2, -0.15) is 0 Å². The fourth-order valence-corrected chi connectivity index (χ4v) is 0.123. The van der Waals surface area contributed by atoms with Gasteiger partial charge in [0.05, 0.1) is 6.54 Å². The molecular formula is C4H10NO2+. The molecule has 0 amide bonds. The first-order chi connectivity index (χ1) is 3.18. The Kier molecular flexibility index (Phi) is 2.37. The highest BCUT2D eigenvalue weighted by Gasteiger charge is 2.08. The van der Waals surface area contributed by atoms with E-state index in [1.54, 1.807) is 6.92 Å². The van der Waals surface area contributed by atoms with Crippen LogP contribution in [-0.4, -0.2) is 17.6 Å². The number of aliphatic carboxylic acids is 1. The topological polar surface area (TPSA) is 64.9 Å². The Balaban J connectivity index is 3.34. The standard InChI is InChI=1S/C4H9NO2/c1-3(2-5)4(6)7/h3H,2,5H2,1H3,(H,6,7)/p+1/t3-/m1/s1. The summed E-state index contributed by atoms with van der Waals surface area (Å²) in [5.74, 6) is -1.06. The Bertz CT molecular complexity index is 72.1. The van der Waals surface area contributed by atoms with Gasteiger partial charge in [0.25, 0.3) is 0 Å². The molecule has 0 saturated heterocycles. The zero-order chi connectivity index (χ0) is 5.86. The molecule has 0 aliphatic carbocycles. The first-order valence-corrected chi connectivity index (χ1v) is 2.20. The van der Waals surface area contributed by atoms with Crippen LogP contribution in [0.1, 0.15) is 6.92 Å². The molecule has 1 atom stereocenters. The molecule has 0 rings (SSSR count). The van der Waals surface area contributed by atoms with Crippen molar-refractivity contribution in [1.29, 1.82) is 0 Å². The monoisotopic (exact) mass is 104 g/mol. The van der Waals surface area contributed by atoms with Crippen LogP contribution in [0.5, 0.6) is 0 Å². The summed E-state index contributed by atoms with van der Waals surface area (Å²) < 4.78 is 0. The molecule has 0 aromatic heterocycles. The van der Waals surface area contributed by atoms with Crippen LogP contribution >= 0.6 is 0 Å².